The van der Waals surface area contributed by atoms with Crippen molar-refractivity contribution in [3.05, 3.63) is 53.6 Å². The highest BCUT2D eigenvalue weighted by molar-refractivity contribution is 6.30. The molecule has 3 rings (SSSR count). The van der Waals surface area contributed by atoms with E-state index in [0.717, 1.165) is 37.7 Å². The van der Waals surface area contributed by atoms with Gasteiger partial charge in [0.1, 0.15) is 18.1 Å². The Morgan fingerprint density at radius 3 is 2.03 bits per heavy atom. The minimum atomic E-state index is -1.82. The number of methoxy groups -OCH3 is 1. The summed E-state index contributed by atoms with van der Waals surface area (Å²) in [4.78, 5) is 22.8. The summed E-state index contributed by atoms with van der Waals surface area (Å²) < 4.78 is 16.3. The number of hydrogen-bond acceptors (Lipinski definition) is 8. The Balaban J connectivity index is 0.000000641. The van der Waals surface area contributed by atoms with Crippen molar-refractivity contribution in [2.45, 2.75) is 6.10 Å². The fraction of sp³-hybridized carbons (Fsp3) is 0.417. The summed E-state index contributed by atoms with van der Waals surface area (Å²) in [6.07, 6.45) is -0.502. The van der Waals surface area contributed by atoms with Crippen LogP contribution in [-0.2, 0) is 14.3 Å². The second-order valence-corrected chi connectivity index (χ2v) is 8.06. The minimum absolute atomic E-state index is 0.308. The molecule has 2 aromatic carbocycles. The number of carboxylic acid groups (broad SMARTS) is 2. The Hall–Kier alpha value is -3.05. The van der Waals surface area contributed by atoms with Crippen LogP contribution in [0.4, 0.5) is 5.69 Å². The number of piperazine rings is 1. The molecule has 1 saturated heterocycles. The maximum absolute atomic E-state index is 10.2. The highest BCUT2D eigenvalue weighted by atomic mass is 35.5. The van der Waals surface area contributed by atoms with Crippen molar-refractivity contribution in [1.29, 1.82) is 0 Å². The number of aliphatic hydroxyl groups is 1. The number of hydrogen-bond donors (Lipinski definition) is 3. The maximum atomic E-state index is 10.2. The summed E-state index contributed by atoms with van der Waals surface area (Å²) in [5, 5.41) is 25.7. The molecule has 0 aromatic heterocycles. The molecule has 1 atom stereocenters. The van der Waals surface area contributed by atoms with Gasteiger partial charge in [-0.05, 0) is 48.5 Å². The average Bonchev–Trinajstić information content (AvgIpc) is 2.86. The second kappa shape index (κ2) is 15.0. The molecule has 0 radical (unpaired) electrons. The number of ether oxygens (including phenoxy) is 3. The fourth-order valence-electron chi connectivity index (χ4n) is 3.30. The zero-order chi connectivity index (χ0) is 25.6. The van der Waals surface area contributed by atoms with Crippen LogP contribution in [0.5, 0.6) is 11.5 Å². The number of anilines is 1. The van der Waals surface area contributed by atoms with E-state index >= 15 is 0 Å². The normalized spacial score (nSPS) is 14.4. The zero-order valence-electron chi connectivity index (χ0n) is 19.5. The first-order valence-corrected chi connectivity index (χ1v) is 11.4. The van der Waals surface area contributed by atoms with Crippen LogP contribution >= 0.6 is 11.6 Å². The van der Waals surface area contributed by atoms with Gasteiger partial charge in [0.15, 0.2) is 0 Å². The third-order valence-corrected chi connectivity index (χ3v) is 5.33. The molecule has 1 aliphatic rings. The van der Waals surface area contributed by atoms with Gasteiger partial charge in [-0.2, -0.15) is 0 Å². The van der Waals surface area contributed by atoms with Gasteiger partial charge in [0.25, 0.3) is 0 Å². The van der Waals surface area contributed by atoms with E-state index in [0.29, 0.717) is 31.4 Å². The van der Waals surface area contributed by atoms with Gasteiger partial charge in [-0.25, -0.2) is 9.59 Å². The number of nitrogens with zero attached hydrogens (tertiary/aromatic N) is 2. The molecule has 1 fully saturated rings. The van der Waals surface area contributed by atoms with Crippen LogP contribution in [0.1, 0.15) is 0 Å². The number of carboxylic acids is 2. The molecule has 3 N–H and O–H groups in total. The van der Waals surface area contributed by atoms with Gasteiger partial charge in [0, 0.05) is 43.4 Å². The number of β-amino-alcohol motifs (C(OH)–C–C–N with tert-alkyl or cyclic N) is 1. The van der Waals surface area contributed by atoms with Gasteiger partial charge in [-0.15, -0.1) is 0 Å². The predicted octanol–water partition coefficient (Wildman–Crippen LogP) is 2.08. The van der Waals surface area contributed by atoms with Crippen molar-refractivity contribution in [1.82, 2.24) is 4.90 Å². The molecule has 1 aliphatic heterocycles. The lowest BCUT2D eigenvalue weighted by atomic mass is 10.2. The predicted molar refractivity (Wildman–Crippen MR) is 131 cm³/mol. The van der Waals surface area contributed by atoms with Crippen LogP contribution in [-0.4, -0.2) is 97.9 Å². The topological polar surface area (TPSA) is 129 Å². The van der Waals surface area contributed by atoms with Crippen molar-refractivity contribution in [2.24, 2.45) is 0 Å². The molecule has 192 valence electrons. The van der Waals surface area contributed by atoms with Gasteiger partial charge in [-0.1, -0.05) is 11.6 Å². The summed E-state index contributed by atoms with van der Waals surface area (Å²) in [5.74, 6) is -2.02. The van der Waals surface area contributed by atoms with Crippen LogP contribution < -0.4 is 14.4 Å². The fourth-order valence-corrected chi connectivity index (χ4v) is 3.43. The Morgan fingerprint density at radius 2 is 1.49 bits per heavy atom. The van der Waals surface area contributed by atoms with E-state index in [9.17, 15) is 5.11 Å². The largest absolute Gasteiger partial charge is 0.497 e. The molecule has 1 heterocycles. The van der Waals surface area contributed by atoms with Crippen LogP contribution in [0.25, 0.3) is 0 Å². The zero-order valence-corrected chi connectivity index (χ0v) is 20.3. The van der Waals surface area contributed by atoms with Crippen molar-refractivity contribution >= 4 is 29.2 Å². The standard InChI is InChI=1S/C22H29ClN2O4.C2H2O4/c1-27-21-8-4-19(5-9-21)25-12-10-24(11-13-25)16-20(26)17-28-14-15-29-22-6-2-18(23)3-7-22;3-1(4)2(5)6/h2-9,20,26H,10-17H2,1H3;(H,3,4)(H,5,6). The lowest BCUT2D eigenvalue weighted by molar-refractivity contribution is -0.159. The minimum Gasteiger partial charge on any atom is -0.497 e. The van der Waals surface area contributed by atoms with E-state index in [4.69, 9.17) is 45.6 Å². The number of aliphatic hydroxyl groups excluding tert-OH is 1. The number of rotatable bonds is 10. The monoisotopic (exact) mass is 510 g/mol. The van der Waals surface area contributed by atoms with Crippen LogP contribution in [0.15, 0.2) is 48.5 Å². The van der Waals surface area contributed by atoms with E-state index in [1.165, 1.54) is 5.69 Å². The van der Waals surface area contributed by atoms with Crippen molar-refractivity contribution in [3.63, 3.8) is 0 Å². The van der Waals surface area contributed by atoms with Crippen molar-refractivity contribution < 1.29 is 39.1 Å². The summed E-state index contributed by atoms with van der Waals surface area (Å²) in [5.41, 5.74) is 1.20. The number of carbonyl (C=O) groups is 2. The number of aliphatic carboxylic acids is 2. The Bertz CT molecular complexity index is 891. The summed E-state index contributed by atoms with van der Waals surface area (Å²) in [6.45, 7) is 5.52. The Morgan fingerprint density at radius 1 is 0.914 bits per heavy atom. The Labute approximate surface area is 209 Å². The molecule has 0 spiro atoms. The third-order valence-electron chi connectivity index (χ3n) is 5.08. The first kappa shape index (κ1) is 28.2. The van der Waals surface area contributed by atoms with Crippen LogP contribution in [0, 0.1) is 0 Å². The van der Waals surface area contributed by atoms with E-state index in [-0.39, 0.29) is 0 Å². The van der Waals surface area contributed by atoms with Crippen molar-refractivity contribution in [3.8, 4) is 11.5 Å². The van der Waals surface area contributed by atoms with Crippen LogP contribution in [0.2, 0.25) is 5.02 Å². The van der Waals surface area contributed by atoms with Gasteiger partial charge >= 0.3 is 11.9 Å². The van der Waals surface area contributed by atoms with Gasteiger partial charge < -0.3 is 34.4 Å². The SMILES string of the molecule is COc1ccc(N2CCN(CC(O)COCCOc3ccc(Cl)cc3)CC2)cc1.O=C(O)C(=O)O. The lowest BCUT2D eigenvalue weighted by Crippen LogP contribution is -2.49. The lowest BCUT2D eigenvalue weighted by Gasteiger charge is -2.36. The molecule has 0 bridgehead atoms. The van der Waals surface area contributed by atoms with E-state index < -0.39 is 18.0 Å². The summed E-state index contributed by atoms with van der Waals surface area (Å²) in [6, 6.07) is 15.4. The Kier molecular flexibility index (Phi) is 12.1. The van der Waals surface area contributed by atoms with E-state index in [1.54, 1.807) is 19.2 Å². The molecule has 10 nitrogen and oxygen atoms in total. The van der Waals surface area contributed by atoms with Gasteiger partial charge in [0.2, 0.25) is 0 Å². The third kappa shape index (κ3) is 10.8. The molecule has 0 aliphatic carbocycles. The molecular weight excluding hydrogens is 480 g/mol. The molecule has 35 heavy (non-hydrogen) atoms. The average molecular weight is 511 g/mol. The molecule has 2 aromatic rings. The molecule has 0 amide bonds. The smallest absolute Gasteiger partial charge is 0.414 e. The van der Waals surface area contributed by atoms with Crippen molar-refractivity contribution in [2.75, 3.05) is 64.6 Å². The maximum Gasteiger partial charge on any atom is 0.414 e. The van der Waals surface area contributed by atoms with Gasteiger partial charge in [-0.3, -0.25) is 4.90 Å². The van der Waals surface area contributed by atoms with E-state index in [1.807, 2.05) is 24.3 Å². The highest BCUT2D eigenvalue weighted by Gasteiger charge is 2.19. The van der Waals surface area contributed by atoms with E-state index in [2.05, 4.69) is 21.9 Å². The molecule has 1 unspecified atom stereocenters. The molecule has 11 heteroatoms. The summed E-state index contributed by atoms with van der Waals surface area (Å²) >= 11 is 5.84. The van der Waals surface area contributed by atoms with Crippen LogP contribution in [0.3, 0.4) is 0 Å². The number of benzene rings is 2. The number of halogens is 1. The first-order chi connectivity index (χ1) is 16.8. The van der Waals surface area contributed by atoms with Gasteiger partial charge in [0.05, 0.1) is 26.4 Å². The molecule has 0 saturated carbocycles. The molecular formula is C24H31ClN2O8. The second-order valence-electron chi connectivity index (χ2n) is 7.63. The first-order valence-electron chi connectivity index (χ1n) is 11.0. The highest BCUT2D eigenvalue weighted by Crippen LogP contribution is 2.20. The summed E-state index contributed by atoms with van der Waals surface area (Å²) in [7, 11) is 1.68. The quantitative estimate of drug-likeness (QED) is 0.322.